The minimum atomic E-state index is -0.0220. The summed E-state index contributed by atoms with van der Waals surface area (Å²) in [6.45, 7) is 3.57. The van der Waals surface area contributed by atoms with Crippen LogP contribution in [0, 0.1) is 0 Å². The minimum absolute atomic E-state index is 0.0220. The summed E-state index contributed by atoms with van der Waals surface area (Å²) >= 11 is 0. The van der Waals surface area contributed by atoms with Gasteiger partial charge in [-0.05, 0) is 49.7 Å². The molecule has 1 heterocycles. The molecule has 0 spiro atoms. The van der Waals surface area contributed by atoms with E-state index in [1.807, 2.05) is 18.2 Å². The van der Waals surface area contributed by atoms with E-state index in [0.29, 0.717) is 11.3 Å². The number of anilines is 2. The molecule has 0 saturated carbocycles. The number of pyridine rings is 1. The number of carbonyl (C=O) groups excluding carboxylic acids is 1. The van der Waals surface area contributed by atoms with Crippen LogP contribution < -0.4 is 11.1 Å². The number of rotatable bonds is 4. The number of ketones is 1. The van der Waals surface area contributed by atoms with Gasteiger partial charge in [0.2, 0.25) is 0 Å². The van der Waals surface area contributed by atoms with Gasteiger partial charge in [-0.15, -0.1) is 0 Å². The molecule has 0 aliphatic rings. The van der Waals surface area contributed by atoms with E-state index in [2.05, 4.69) is 17.2 Å². The van der Waals surface area contributed by atoms with Crippen molar-refractivity contribution in [1.29, 1.82) is 0 Å². The van der Waals surface area contributed by atoms with E-state index in [9.17, 15) is 4.79 Å². The van der Waals surface area contributed by atoms with Crippen molar-refractivity contribution in [2.75, 3.05) is 11.1 Å². The molecule has 1 atom stereocenters. The van der Waals surface area contributed by atoms with E-state index in [-0.39, 0.29) is 11.8 Å². The number of nitrogens with one attached hydrogen (secondary N) is 1. The fraction of sp³-hybridized carbons (Fsp3) is 0.200. The first-order valence-electron chi connectivity index (χ1n) is 6.15. The van der Waals surface area contributed by atoms with Gasteiger partial charge in [-0.1, -0.05) is 0 Å². The SMILES string of the molecule is CC(=O)c1ccc(NC(C)c2ccncc2)cc1N. The van der Waals surface area contributed by atoms with Gasteiger partial charge in [-0.3, -0.25) is 9.78 Å². The highest BCUT2D eigenvalue weighted by atomic mass is 16.1. The van der Waals surface area contributed by atoms with Crippen LogP contribution in [-0.4, -0.2) is 10.8 Å². The molecule has 2 aromatic rings. The zero-order chi connectivity index (χ0) is 13.8. The van der Waals surface area contributed by atoms with Crippen LogP contribution >= 0.6 is 0 Å². The highest BCUT2D eigenvalue weighted by molar-refractivity contribution is 5.99. The van der Waals surface area contributed by atoms with Crippen LogP contribution in [-0.2, 0) is 0 Å². The molecule has 4 heteroatoms. The van der Waals surface area contributed by atoms with Gasteiger partial charge in [0.25, 0.3) is 0 Å². The maximum absolute atomic E-state index is 11.3. The molecular weight excluding hydrogens is 238 g/mol. The Labute approximate surface area is 112 Å². The van der Waals surface area contributed by atoms with Crippen molar-refractivity contribution >= 4 is 17.2 Å². The summed E-state index contributed by atoms with van der Waals surface area (Å²) in [5.74, 6) is -0.0220. The Balaban J connectivity index is 2.16. The number of Topliss-reactive ketones (excluding diaryl/α,β-unsaturated/α-hetero) is 1. The van der Waals surface area contributed by atoms with Gasteiger partial charge >= 0.3 is 0 Å². The Hall–Kier alpha value is -2.36. The average Bonchev–Trinajstić information content (AvgIpc) is 2.39. The second-order valence-corrected chi connectivity index (χ2v) is 4.50. The molecule has 3 N–H and O–H groups in total. The van der Waals surface area contributed by atoms with E-state index in [0.717, 1.165) is 11.3 Å². The summed E-state index contributed by atoms with van der Waals surface area (Å²) in [5.41, 5.74) is 8.96. The fourth-order valence-corrected chi connectivity index (χ4v) is 1.96. The molecule has 0 radical (unpaired) electrons. The van der Waals surface area contributed by atoms with Crippen LogP contribution in [0.3, 0.4) is 0 Å². The van der Waals surface area contributed by atoms with E-state index in [1.165, 1.54) is 6.92 Å². The second kappa shape index (κ2) is 5.52. The Bertz CT molecular complexity index is 581. The molecule has 2 rings (SSSR count). The summed E-state index contributed by atoms with van der Waals surface area (Å²) in [4.78, 5) is 15.3. The first kappa shape index (κ1) is 13.1. The molecule has 0 fully saturated rings. The van der Waals surface area contributed by atoms with Crippen molar-refractivity contribution < 1.29 is 4.79 Å². The van der Waals surface area contributed by atoms with Gasteiger partial charge in [0.05, 0.1) is 0 Å². The van der Waals surface area contributed by atoms with Crippen molar-refractivity contribution in [3.63, 3.8) is 0 Å². The smallest absolute Gasteiger partial charge is 0.161 e. The normalized spacial score (nSPS) is 11.9. The number of benzene rings is 1. The van der Waals surface area contributed by atoms with Gasteiger partial charge in [0, 0.05) is 35.4 Å². The number of hydrogen-bond donors (Lipinski definition) is 2. The molecule has 0 saturated heterocycles. The van der Waals surface area contributed by atoms with Crippen LogP contribution in [0.25, 0.3) is 0 Å². The zero-order valence-corrected chi connectivity index (χ0v) is 11.1. The van der Waals surface area contributed by atoms with Gasteiger partial charge in [0.15, 0.2) is 5.78 Å². The van der Waals surface area contributed by atoms with Gasteiger partial charge in [-0.25, -0.2) is 0 Å². The van der Waals surface area contributed by atoms with Crippen molar-refractivity contribution in [3.8, 4) is 0 Å². The topological polar surface area (TPSA) is 68.0 Å². The highest BCUT2D eigenvalue weighted by Gasteiger charge is 2.08. The zero-order valence-electron chi connectivity index (χ0n) is 11.1. The van der Waals surface area contributed by atoms with Gasteiger partial charge in [-0.2, -0.15) is 0 Å². The second-order valence-electron chi connectivity index (χ2n) is 4.50. The number of carbonyl (C=O) groups is 1. The molecular formula is C15H17N3O. The molecule has 1 aromatic carbocycles. The predicted octanol–water partition coefficient (Wildman–Crippen LogP) is 3.04. The third kappa shape index (κ3) is 3.10. The predicted molar refractivity (Wildman–Crippen MR) is 77.1 cm³/mol. The monoisotopic (exact) mass is 255 g/mol. The van der Waals surface area contributed by atoms with E-state index in [1.54, 1.807) is 24.5 Å². The number of aromatic nitrogens is 1. The maximum atomic E-state index is 11.3. The standard InChI is InChI=1S/C15H17N3O/c1-10(12-5-7-17-8-6-12)18-13-3-4-14(11(2)19)15(16)9-13/h3-10,18H,16H2,1-2H3. The fourth-order valence-electron chi connectivity index (χ4n) is 1.96. The minimum Gasteiger partial charge on any atom is -0.398 e. The summed E-state index contributed by atoms with van der Waals surface area (Å²) in [7, 11) is 0. The number of nitrogen functional groups attached to an aromatic ring is 1. The molecule has 1 aromatic heterocycles. The van der Waals surface area contributed by atoms with Crippen LogP contribution in [0.4, 0.5) is 11.4 Å². The lowest BCUT2D eigenvalue weighted by molar-refractivity contribution is 0.101. The Morgan fingerprint density at radius 1 is 1.26 bits per heavy atom. The third-order valence-corrected chi connectivity index (χ3v) is 3.02. The lowest BCUT2D eigenvalue weighted by atomic mass is 10.1. The molecule has 98 valence electrons. The molecule has 0 aliphatic heterocycles. The lowest BCUT2D eigenvalue weighted by Gasteiger charge is -2.16. The van der Waals surface area contributed by atoms with Crippen LogP contribution in [0.2, 0.25) is 0 Å². The largest absolute Gasteiger partial charge is 0.398 e. The number of nitrogens with two attached hydrogens (primary N) is 1. The number of nitrogens with zero attached hydrogens (tertiary/aromatic N) is 1. The number of hydrogen-bond acceptors (Lipinski definition) is 4. The van der Waals surface area contributed by atoms with Crippen molar-refractivity contribution in [2.24, 2.45) is 0 Å². The summed E-state index contributed by atoms with van der Waals surface area (Å²) in [5, 5.41) is 3.35. The van der Waals surface area contributed by atoms with Crippen molar-refractivity contribution in [3.05, 3.63) is 53.9 Å². The maximum Gasteiger partial charge on any atom is 0.161 e. The van der Waals surface area contributed by atoms with Crippen molar-refractivity contribution in [1.82, 2.24) is 4.98 Å². The molecule has 0 aliphatic carbocycles. The Morgan fingerprint density at radius 2 is 1.95 bits per heavy atom. The third-order valence-electron chi connectivity index (χ3n) is 3.02. The van der Waals surface area contributed by atoms with Crippen LogP contribution in [0.15, 0.2) is 42.7 Å². The molecule has 0 bridgehead atoms. The summed E-state index contributed by atoms with van der Waals surface area (Å²) < 4.78 is 0. The molecule has 19 heavy (non-hydrogen) atoms. The van der Waals surface area contributed by atoms with Crippen LogP contribution in [0.5, 0.6) is 0 Å². The van der Waals surface area contributed by atoms with Gasteiger partial charge in [0.1, 0.15) is 0 Å². The molecule has 1 unspecified atom stereocenters. The van der Waals surface area contributed by atoms with E-state index in [4.69, 9.17) is 5.73 Å². The Morgan fingerprint density at radius 3 is 2.53 bits per heavy atom. The highest BCUT2D eigenvalue weighted by Crippen LogP contribution is 2.23. The Kier molecular flexibility index (Phi) is 3.80. The first-order chi connectivity index (χ1) is 9.08. The van der Waals surface area contributed by atoms with Gasteiger partial charge < -0.3 is 11.1 Å². The molecule has 4 nitrogen and oxygen atoms in total. The molecule has 0 amide bonds. The summed E-state index contributed by atoms with van der Waals surface area (Å²) in [6, 6.07) is 9.47. The van der Waals surface area contributed by atoms with E-state index < -0.39 is 0 Å². The van der Waals surface area contributed by atoms with E-state index >= 15 is 0 Å². The first-order valence-corrected chi connectivity index (χ1v) is 6.15. The summed E-state index contributed by atoms with van der Waals surface area (Å²) in [6.07, 6.45) is 3.53. The average molecular weight is 255 g/mol. The quantitative estimate of drug-likeness (QED) is 0.651. The van der Waals surface area contributed by atoms with Crippen molar-refractivity contribution in [2.45, 2.75) is 19.9 Å². The lowest BCUT2D eigenvalue weighted by Crippen LogP contribution is -2.08. The van der Waals surface area contributed by atoms with Crippen LogP contribution in [0.1, 0.15) is 35.8 Å².